The molecule has 0 N–H and O–H groups in total. The lowest BCUT2D eigenvalue weighted by Crippen LogP contribution is -2.00. The summed E-state index contributed by atoms with van der Waals surface area (Å²) in [6.45, 7) is 0. The first-order valence-electron chi connectivity index (χ1n) is 17.1. The molecule has 0 saturated heterocycles. The molecule has 0 saturated carbocycles. The molecule has 0 aliphatic heterocycles. The molecule has 2 aromatic heterocycles. The molecule has 0 aliphatic carbocycles. The minimum Gasteiger partial charge on any atom is -0.208 e. The van der Waals surface area contributed by atoms with E-state index in [1.807, 2.05) is 6.07 Å². The van der Waals surface area contributed by atoms with Crippen LogP contribution in [0.15, 0.2) is 176 Å². The molecule has 0 fully saturated rings. The predicted octanol–water partition coefficient (Wildman–Crippen LogP) is 12.9. The number of hydrogen-bond donors (Lipinski definition) is 0. The van der Waals surface area contributed by atoms with Crippen molar-refractivity contribution in [1.29, 1.82) is 0 Å². The second-order valence-corrected chi connectivity index (χ2v) is 13.9. The van der Waals surface area contributed by atoms with Crippen molar-refractivity contribution in [2.24, 2.45) is 0 Å². The molecule has 10 rings (SSSR count). The van der Waals surface area contributed by atoms with Crippen molar-refractivity contribution in [2.75, 3.05) is 0 Å². The Balaban J connectivity index is 1.10. The number of benzene rings is 8. The van der Waals surface area contributed by atoms with Crippen LogP contribution in [0.4, 0.5) is 0 Å². The first-order chi connectivity index (χ1) is 25.2. The molecule has 4 heteroatoms. The van der Waals surface area contributed by atoms with Crippen molar-refractivity contribution >= 4 is 53.1 Å². The fourth-order valence-corrected chi connectivity index (χ4v) is 8.27. The van der Waals surface area contributed by atoms with E-state index in [4.69, 9.17) is 15.0 Å². The van der Waals surface area contributed by atoms with E-state index in [2.05, 4.69) is 170 Å². The first kappa shape index (κ1) is 29.4. The van der Waals surface area contributed by atoms with Gasteiger partial charge in [0.2, 0.25) is 0 Å². The van der Waals surface area contributed by atoms with Crippen LogP contribution in [0.5, 0.6) is 0 Å². The number of nitrogens with zero attached hydrogens (tertiary/aromatic N) is 3. The summed E-state index contributed by atoms with van der Waals surface area (Å²) in [5.74, 6) is 1.98. The fourth-order valence-electron chi connectivity index (χ4n) is 7.05. The van der Waals surface area contributed by atoms with Gasteiger partial charge in [0.05, 0.1) is 0 Å². The Kier molecular flexibility index (Phi) is 7.00. The van der Waals surface area contributed by atoms with Crippen LogP contribution >= 0.6 is 11.3 Å². The van der Waals surface area contributed by atoms with Gasteiger partial charge >= 0.3 is 0 Å². The van der Waals surface area contributed by atoms with Crippen molar-refractivity contribution in [3.63, 3.8) is 0 Å². The molecule has 8 aromatic carbocycles. The summed E-state index contributed by atoms with van der Waals surface area (Å²) in [5.41, 5.74) is 7.65. The van der Waals surface area contributed by atoms with E-state index in [1.54, 1.807) is 11.3 Å². The van der Waals surface area contributed by atoms with Crippen LogP contribution in [0.3, 0.4) is 0 Å². The van der Waals surface area contributed by atoms with E-state index in [1.165, 1.54) is 53.0 Å². The number of rotatable bonds is 5. The van der Waals surface area contributed by atoms with Gasteiger partial charge in [-0.25, -0.2) is 15.0 Å². The summed E-state index contributed by atoms with van der Waals surface area (Å²) >= 11 is 1.79. The number of hydrogen-bond acceptors (Lipinski definition) is 4. The summed E-state index contributed by atoms with van der Waals surface area (Å²) in [4.78, 5) is 15.4. The van der Waals surface area contributed by atoms with E-state index in [0.29, 0.717) is 17.5 Å². The maximum Gasteiger partial charge on any atom is 0.165 e. The Morgan fingerprint density at radius 2 is 0.824 bits per heavy atom. The van der Waals surface area contributed by atoms with Gasteiger partial charge in [-0.05, 0) is 74.1 Å². The lowest BCUT2D eigenvalue weighted by atomic mass is 9.98. The Hall–Kier alpha value is -6.49. The highest BCUT2D eigenvalue weighted by atomic mass is 32.1. The summed E-state index contributed by atoms with van der Waals surface area (Å²) < 4.78 is 2.43. The summed E-state index contributed by atoms with van der Waals surface area (Å²) in [7, 11) is 0. The zero-order chi connectivity index (χ0) is 33.7. The van der Waals surface area contributed by atoms with Crippen LogP contribution in [0.2, 0.25) is 0 Å². The standard InChI is InChI=1S/C47H29N3S/c1-2-9-30(10-3-1)32-17-20-33(21-18-32)45-48-46(50-47(49-45)42-15-8-14-41-40-13-6-7-16-43(40)51-44(41)42)39-26-25-37-28-36(23-24-38(37)29-39)35-22-19-31-11-4-5-12-34(31)27-35/h1-29H. The van der Waals surface area contributed by atoms with Crippen LogP contribution in [0.25, 0.3) is 98.1 Å². The summed E-state index contributed by atoms with van der Waals surface area (Å²) in [6.07, 6.45) is 0. The van der Waals surface area contributed by atoms with Crippen molar-refractivity contribution < 1.29 is 0 Å². The van der Waals surface area contributed by atoms with Gasteiger partial charge < -0.3 is 0 Å². The highest BCUT2D eigenvalue weighted by molar-refractivity contribution is 7.26. The molecular weight excluding hydrogens is 639 g/mol. The molecule has 3 nitrogen and oxygen atoms in total. The number of aromatic nitrogens is 3. The lowest BCUT2D eigenvalue weighted by molar-refractivity contribution is 1.08. The van der Waals surface area contributed by atoms with Crippen LogP contribution in [-0.4, -0.2) is 15.0 Å². The molecule has 0 atom stereocenters. The average Bonchev–Trinajstić information content (AvgIpc) is 3.59. The van der Waals surface area contributed by atoms with Crippen molar-refractivity contribution in [3.05, 3.63) is 176 Å². The Morgan fingerprint density at radius 3 is 1.61 bits per heavy atom. The second-order valence-electron chi connectivity index (χ2n) is 12.9. The van der Waals surface area contributed by atoms with Gasteiger partial charge in [0, 0.05) is 36.9 Å². The molecule has 0 radical (unpaired) electrons. The van der Waals surface area contributed by atoms with Crippen molar-refractivity contribution in [2.45, 2.75) is 0 Å². The third-order valence-corrected chi connectivity index (χ3v) is 10.9. The van der Waals surface area contributed by atoms with Gasteiger partial charge in [-0.2, -0.15) is 0 Å². The van der Waals surface area contributed by atoms with Gasteiger partial charge in [0.1, 0.15) is 0 Å². The van der Waals surface area contributed by atoms with Crippen LogP contribution in [-0.2, 0) is 0 Å². The maximum absolute atomic E-state index is 5.17. The van der Waals surface area contributed by atoms with Crippen molar-refractivity contribution in [3.8, 4) is 56.4 Å². The molecule has 51 heavy (non-hydrogen) atoms. The molecule has 238 valence electrons. The lowest BCUT2D eigenvalue weighted by Gasteiger charge is -2.11. The van der Waals surface area contributed by atoms with Crippen LogP contribution in [0.1, 0.15) is 0 Å². The Morgan fingerprint density at radius 1 is 0.314 bits per heavy atom. The van der Waals surface area contributed by atoms with Crippen LogP contribution < -0.4 is 0 Å². The number of fused-ring (bicyclic) bond motifs is 5. The zero-order valence-corrected chi connectivity index (χ0v) is 28.3. The normalized spacial score (nSPS) is 11.5. The second kappa shape index (κ2) is 12.1. The average molecular weight is 668 g/mol. The SMILES string of the molecule is c1ccc(-c2ccc(-c3nc(-c4ccc5cc(-c6ccc7ccccc7c6)ccc5c4)nc(-c4cccc5c4sc4ccccc45)n3)cc2)cc1. The quantitative estimate of drug-likeness (QED) is 0.183. The topological polar surface area (TPSA) is 38.7 Å². The molecule has 0 spiro atoms. The van der Waals surface area contributed by atoms with E-state index in [9.17, 15) is 0 Å². The first-order valence-corrected chi connectivity index (χ1v) is 17.9. The third-order valence-electron chi connectivity index (χ3n) is 9.71. The highest BCUT2D eigenvalue weighted by Crippen LogP contribution is 2.40. The summed E-state index contributed by atoms with van der Waals surface area (Å²) in [5, 5.41) is 7.27. The molecule has 0 bridgehead atoms. The van der Waals surface area contributed by atoms with Crippen LogP contribution in [0, 0.1) is 0 Å². The van der Waals surface area contributed by atoms with E-state index in [-0.39, 0.29) is 0 Å². The molecular formula is C47H29N3S. The van der Waals surface area contributed by atoms with E-state index < -0.39 is 0 Å². The Bertz CT molecular complexity index is 2910. The Labute approximate surface area is 299 Å². The zero-order valence-electron chi connectivity index (χ0n) is 27.5. The molecule has 10 aromatic rings. The van der Waals surface area contributed by atoms with Gasteiger partial charge in [0.15, 0.2) is 17.5 Å². The van der Waals surface area contributed by atoms with Gasteiger partial charge in [0.25, 0.3) is 0 Å². The fraction of sp³-hybridized carbons (Fsp3) is 0. The van der Waals surface area contributed by atoms with E-state index >= 15 is 0 Å². The minimum atomic E-state index is 0.652. The molecule has 2 heterocycles. The molecule has 0 unspecified atom stereocenters. The van der Waals surface area contributed by atoms with Gasteiger partial charge in [-0.1, -0.05) is 146 Å². The smallest absolute Gasteiger partial charge is 0.165 e. The highest BCUT2D eigenvalue weighted by Gasteiger charge is 2.17. The summed E-state index contributed by atoms with van der Waals surface area (Å²) in [6, 6.07) is 62.3. The molecule has 0 aliphatic rings. The minimum absolute atomic E-state index is 0.652. The largest absolute Gasteiger partial charge is 0.208 e. The van der Waals surface area contributed by atoms with E-state index in [0.717, 1.165) is 27.6 Å². The molecule has 0 amide bonds. The van der Waals surface area contributed by atoms with Gasteiger partial charge in [-0.15, -0.1) is 11.3 Å². The van der Waals surface area contributed by atoms with Crippen molar-refractivity contribution in [1.82, 2.24) is 15.0 Å². The maximum atomic E-state index is 5.17. The monoisotopic (exact) mass is 667 g/mol. The predicted molar refractivity (Wildman–Crippen MR) is 215 cm³/mol. The number of thiophene rings is 1. The van der Waals surface area contributed by atoms with Gasteiger partial charge in [-0.3, -0.25) is 0 Å². The third kappa shape index (κ3) is 5.34.